The predicted molar refractivity (Wildman–Crippen MR) is 265 cm³/mol. The van der Waals surface area contributed by atoms with Gasteiger partial charge in [-0.2, -0.15) is 0 Å². The van der Waals surface area contributed by atoms with E-state index in [0.717, 1.165) is 96.9 Å². The number of piperazine rings is 1. The number of esters is 2. The van der Waals surface area contributed by atoms with Crippen molar-refractivity contribution in [1.29, 1.82) is 0 Å². The van der Waals surface area contributed by atoms with Gasteiger partial charge < -0.3 is 23.8 Å². The van der Waals surface area contributed by atoms with Crippen LogP contribution in [0.2, 0.25) is 0 Å². The van der Waals surface area contributed by atoms with Crippen LogP contribution in [0.4, 0.5) is 0 Å². The summed E-state index contributed by atoms with van der Waals surface area (Å²) in [5.74, 6) is 1.01. The van der Waals surface area contributed by atoms with Crippen molar-refractivity contribution in [3.63, 3.8) is 0 Å². The molecule has 0 saturated carbocycles. The van der Waals surface area contributed by atoms with Gasteiger partial charge in [-0.15, -0.1) is 0 Å². The van der Waals surface area contributed by atoms with Crippen molar-refractivity contribution in [2.75, 3.05) is 59.6 Å². The van der Waals surface area contributed by atoms with Gasteiger partial charge in [0.05, 0.1) is 25.9 Å². The number of likely N-dealkylation sites (N-methyl/N-ethyl adjacent to an activating group) is 1. The molecule has 0 spiro atoms. The van der Waals surface area contributed by atoms with Crippen molar-refractivity contribution in [3.05, 3.63) is 0 Å². The van der Waals surface area contributed by atoms with Crippen LogP contribution in [0.25, 0.3) is 0 Å². The maximum atomic E-state index is 12.4. The Hall–Kier alpha value is -1.22. The molecular weight excluding hydrogens is 785 g/mol. The summed E-state index contributed by atoms with van der Waals surface area (Å²) in [6.45, 7) is 16.5. The molecule has 0 N–H and O–H groups in total. The number of nitrogens with zero attached hydrogens (tertiary/aromatic N) is 2. The van der Waals surface area contributed by atoms with Crippen LogP contribution in [0.3, 0.4) is 0 Å². The summed E-state index contributed by atoms with van der Waals surface area (Å²) in [6.07, 6.45) is 42.2. The van der Waals surface area contributed by atoms with Gasteiger partial charge in [0.15, 0.2) is 5.79 Å². The highest BCUT2D eigenvalue weighted by Gasteiger charge is 2.41. The molecule has 0 aromatic rings. The molecule has 8 nitrogen and oxygen atoms in total. The Balaban J connectivity index is 1.60. The summed E-state index contributed by atoms with van der Waals surface area (Å²) in [6, 6.07) is 0. The van der Waals surface area contributed by atoms with Gasteiger partial charge in [-0.3, -0.25) is 14.5 Å². The quantitative estimate of drug-likeness (QED) is 0.0442. The summed E-state index contributed by atoms with van der Waals surface area (Å²) in [5, 5.41) is 0. The lowest BCUT2D eigenvalue weighted by Gasteiger charge is -2.34. The number of carbonyl (C=O) groups excluding carboxylic acids is 2. The largest absolute Gasteiger partial charge is 0.466 e. The fourth-order valence-electron chi connectivity index (χ4n) is 9.93. The van der Waals surface area contributed by atoms with Gasteiger partial charge in [0, 0.05) is 58.4 Å². The minimum absolute atomic E-state index is 0.00214. The first kappa shape index (κ1) is 57.9. The minimum Gasteiger partial charge on any atom is -0.466 e. The van der Waals surface area contributed by atoms with E-state index in [1.165, 1.54) is 154 Å². The van der Waals surface area contributed by atoms with Crippen LogP contribution in [0.15, 0.2) is 0 Å². The van der Waals surface area contributed by atoms with Crippen molar-refractivity contribution >= 4 is 11.9 Å². The van der Waals surface area contributed by atoms with Gasteiger partial charge in [-0.1, -0.05) is 195 Å². The molecule has 2 aliphatic rings. The van der Waals surface area contributed by atoms with Gasteiger partial charge in [0.25, 0.3) is 0 Å². The van der Waals surface area contributed by atoms with Gasteiger partial charge in [0.1, 0.15) is 0 Å². The fourth-order valence-corrected chi connectivity index (χ4v) is 9.93. The van der Waals surface area contributed by atoms with E-state index >= 15 is 0 Å². The molecule has 0 radical (unpaired) electrons. The average molecular weight is 891 g/mol. The summed E-state index contributed by atoms with van der Waals surface area (Å²) in [7, 11) is 2.22. The molecule has 1 unspecified atom stereocenters. The molecule has 0 aromatic carbocycles. The maximum absolute atomic E-state index is 12.4. The van der Waals surface area contributed by atoms with E-state index in [-0.39, 0.29) is 18.0 Å². The zero-order chi connectivity index (χ0) is 45.5. The van der Waals surface area contributed by atoms with Crippen LogP contribution >= 0.6 is 0 Å². The van der Waals surface area contributed by atoms with Gasteiger partial charge in [-0.25, -0.2) is 0 Å². The molecule has 2 saturated heterocycles. The second-order valence-electron chi connectivity index (χ2n) is 20.2. The van der Waals surface area contributed by atoms with E-state index in [2.05, 4.69) is 44.5 Å². The molecule has 0 bridgehead atoms. The third kappa shape index (κ3) is 31.4. The molecule has 2 rings (SSSR count). The number of carbonyl (C=O) groups is 2. The van der Waals surface area contributed by atoms with E-state index in [0.29, 0.717) is 44.5 Å². The van der Waals surface area contributed by atoms with Crippen molar-refractivity contribution in [1.82, 2.24) is 9.80 Å². The van der Waals surface area contributed by atoms with Crippen LogP contribution in [0, 0.1) is 11.8 Å². The highest BCUT2D eigenvalue weighted by atomic mass is 16.7. The first-order chi connectivity index (χ1) is 30.8. The average Bonchev–Trinajstić information content (AvgIpc) is 3.67. The summed E-state index contributed by atoms with van der Waals surface area (Å²) in [4.78, 5) is 29.8. The molecule has 2 heterocycles. The Labute approximate surface area is 391 Å². The zero-order valence-corrected chi connectivity index (χ0v) is 42.7. The third-order valence-electron chi connectivity index (χ3n) is 14.3. The Morgan fingerprint density at radius 1 is 0.508 bits per heavy atom. The van der Waals surface area contributed by atoms with E-state index in [4.69, 9.17) is 18.9 Å². The fraction of sp³-hybridized carbons (Fsp3) is 0.964. The Morgan fingerprint density at radius 3 is 1.29 bits per heavy atom. The number of hydrogen-bond acceptors (Lipinski definition) is 8. The number of hydrogen-bond donors (Lipinski definition) is 0. The maximum Gasteiger partial charge on any atom is 0.305 e. The first-order valence-electron chi connectivity index (χ1n) is 27.9. The number of ether oxygens (including phenoxy) is 4. The second kappa shape index (κ2) is 39.9. The molecule has 372 valence electrons. The second-order valence-corrected chi connectivity index (χ2v) is 20.2. The van der Waals surface area contributed by atoms with E-state index in [1.54, 1.807) is 0 Å². The molecule has 63 heavy (non-hydrogen) atoms. The highest BCUT2D eigenvalue weighted by Crippen LogP contribution is 2.35. The van der Waals surface area contributed by atoms with Crippen molar-refractivity contribution in [2.24, 2.45) is 11.8 Å². The van der Waals surface area contributed by atoms with Gasteiger partial charge in [0.2, 0.25) is 0 Å². The lowest BCUT2D eigenvalue weighted by molar-refractivity contribution is -0.181. The topological polar surface area (TPSA) is 77.5 Å². The Bertz CT molecular complexity index is 970. The Morgan fingerprint density at radius 2 is 0.889 bits per heavy atom. The van der Waals surface area contributed by atoms with Gasteiger partial charge in [-0.05, 0) is 57.4 Å². The van der Waals surface area contributed by atoms with E-state index < -0.39 is 5.79 Å². The summed E-state index contributed by atoms with van der Waals surface area (Å²) in [5.41, 5.74) is 0. The van der Waals surface area contributed by atoms with Crippen LogP contribution in [0.5, 0.6) is 0 Å². The molecule has 0 amide bonds. The molecular formula is C55H106N2O6. The predicted octanol–water partition coefficient (Wildman–Crippen LogP) is 14.8. The van der Waals surface area contributed by atoms with Crippen molar-refractivity contribution in [3.8, 4) is 0 Å². The minimum atomic E-state index is -0.423. The third-order valence-corrected chi connectivity index (χ3v) is 14.3. The van der Waals surface area contributed by atoms with Crippen LogP contribution in [0.1, 0.15) is 259 Å². The lowest BCUT2D eigenvalue weighted by atomic mass is 9.92. The van der Waals surface area contributed by atoms with Crippen LogP contribution in [-0.2, 0) is 28.5 Å². The van der Waals surface area contributed by atoms with E-state index in [9.17, 15) is 9.59 Å². The molecule has 0 aliphatic carbocycles. The van der Waals surface area contributed by atoms with Crippen LogP contribution in [-0.4, -0.2) is 93.2 Å². The SMILES string of the molecule is CCCCCC(CCCCC)CCOC(=O)CCCCCCCCCC1(CCCCCCCCCC(=O)OCCC(CCCCC)CCCCC)OCC(CN2CCN(C)CC2)O1. The van der Waals surface area contributed by atoms with Crippen LogP contribution < -0.4 is 0 Å². The zero-order valence-electron chi connectivity index (χ0n) is 42.7. The molecule has 2 aliphatic heterocycles. The lowest BCUT2D eigenvalue weighted by Crippen LogP contribution is -2.47. The molecule has 2 fully saturated rings. The molecule has 1 atom stereocenters. The number of rotatable bonds is 44. The van der Waals surface area contributed by atoms with Crippen molar-refractivity contribution < 1.29 is 28.5 Å². The monoisotopic (exact) mass is 891 g/mol. The highest BCUT2D eigenvalue weighted by molar-refractivity contribution is 5.69. The standard InChI is InChI=1S/C55H106N2O6/c1-6-10-24-32-50(33-25-11-7-2)38-46-60-53(58)36-28-20-16-14-18-22-30-40-55(62-49-52(63-55)48-57-44-42-56(5)43-45-57)41-31-23-19-15-17-21-29-37-54(59)61-47-39-51(34-26-12-8-3)35-27-13-9-4/h50-52H,6-49H2,1-5H3. The molecule has 8 heteroatoms. The smallest absolute Gasteiger partial charge is 0.305 e. The van der Waals surface area contributed by atoms with Gasteiger partial charge >= 0.3 is 11.9 Å². The number of unbranched alkanes of at least 4 members (excludes halogenated alkanes) is 20. The summed E-state index contributed by atoms with van der Waals surface area (Å²) < 4.78 is 24.8. The first-order valence-corrected chi connectivity index (χ1v) is 27.9. The van der Waals surface area contributed by atoms with Crippen molar-refractivity contribution in [2.45, 2.75) is 271 Å². The normalized spacial score (nSPS) is 17.0. The Kier molecular flexibility index (Phi) is 36.7. The summed E-state index contributed by atoms with van der Waals surface area (Å²) >= 11 is 0. The van der Waals surface area contributed by atoms with E-state index in [1.807, 2.05) is 0 Å². The molecule has 0 aromatic heterocycles.